The number of ketones is 1. The molecule has 1 saturated carbocycles. The van der Waals surface area contributed by atoms with Gasteiger partial charge in [-0.1, -0.05) is 12.8 Å². The monoisotopic (exact) mass is 170 g/mol. The highest BCUT2D eigenvalue weighted by Gasteiger charge is 2.09. The molecule has 0 heterocycles. The Bertz CT molecular complexity index is 143. The summed E-state index contributed by atoms with van der Waals surface area (Å²) >= 11 is 0. The smallest absolute Gasteiger partial charge is 0.132 e. The average molecular weight is 170 g/mol. The molecule has 0 bridgehead atoms. The summed E-state index contributed by atoms with van der Waals surface area (Å²) in [6.45, 7) is 0. The number of carbonyl (C=O) groups excluding carboxylic acids is 1. The van der Waals surface area contributed by atoms with Crippen LogP contribution < -0.4 is 0 Å². The van der Waals surface area contributed by atoms with E-state index in [4.69, 9.17) is 0 Å². The number of Topliss-reactive ketones (excluding diaryl/α,β-unsaturated/α-hetero) is 1. The van der Waals surface area contributed by atoms with Gasteiger partial charge < -0.3 is 5.11 Å². The van der Waals surface area contributed by atoms with Gasteiger partial charge in [0.05, 0.1) is 6.10 Å². The third kappa shape index (κ3) is 3.86. The van der Waals surface area contributed by atoms with Gasteiger partial charge in [0, 0.05) is 12.8 Å². The molecular formula is C10H18O2. The zero-order chi connectivity index (χ0) is 8.81. The lowest BCUT2D eigenvalue weighted by molar-refractivity contribution is -0.119. The Morgan fingerprint density at radius 1 is 1.00 bits per heavy atom. The van der Waals surface area contributed by atoms with E-state index in [0.29, 0.717) is 12.2 Å². The fourth-order valence-corrected chi connectivity index (χ4v) is 1.68. The lowest BCUT2D eigenvalue weighted by Crippen LogP contribution is -2.09. The first-order valence-electron chi connectivity index (χ1n) is 4.99. The molecule has 0 spiro atoms. The van der Waals surface area contributed by atoms with Crippen LogP contribution in [-0.2, 0) is 4.79 Å². The quantitative estimate of drug-likeness (QED) is 0.604. The fourth-order valence-electron chi connectivity index (χ4n) is 1.68. The van der Waals surface area contributed by atoms with Crippen molar-refractivity contribution in [2.75, 3.05) is 0 Å². The molecule has 0 aliphatic heterocycles. The molecule has 0 amide bonds. The molecule has 1 unspecified atom stereocenters. The van der Waals surface area contributed by atoms with Crippen LogP contribution in [0, 0.1) is 0 Å². The van der Waals surface area contributed by atoms with Gasteiger partial charge in [-0.15, -0.1) is 0 Å². The Morgan fingerprint density at radius 2 is 1.67 bits per heavy atom. The highest BCUT2D eigenvalue weighted by atomic mass is 16.3. The van der Waals surface area contributed by atoms with Crippen molar-refractivity contribution in [2.45, 2.75) is 57.5 Å². The van der Waals surface area contributed by atoms with Crippen LogP contribution in [0.5, 0.6) is 0 Å². The van der Waals surface area contributed by atoms with E-state index in [1.165, 1.54) is 0 Å². The highest BCUT2D eigenvalue weighted by Crippen LogP contribution is 2.14. The molecule has 2 nitrogen and oxygen atoms in total. The summed E-state index contributed by atoms with van der Waals surface area (Å²) in [4.78, 5) is 11.1. The number of rotatable bonds is 0. The Kier molecular flexibility index (Phi) is 4.30. The molecular weight excluding hydrogens is 152 g/mol. The number of hydrogen-bond donors (Lipinski definition) is 1. The first-order chi connectivity index (χ1) is 5.79. The molecule has 0 saturated heterocycles. The first-order valence-corrected chi connectivity index (χ1v) is 4.99. The molecule has 1 aliphatic carbocycles. The molecule has 1 fully saturated rings. The lowest BCUT2D eigenvalue weighted by Gasteiger charge is -2.11. The molecule has 1 rings (SSSR count). The van der Waals surface area contributed by atoms with Crippen molar-refractivity contribution in [1.29, 1.82) is 0 Å². The van der Waals surface area contributed by atoms with Gasteiger partial charge in [-0.25, -0.2) is 0 Å². The maximum absolute atomic E-state index is 11.1. The predicted molar refractivity (Wildman–Crippen MR) is 47.9 cm³/mol. The molecule has 0 aromatic rings. The van der Waals surface area contributed by atoms with Gasteiger partial charge >= 0.3 is 0 Å². The lowest BCUT2D eigenvalue weighted by atomic mass is 9.99. The Morgan fingerprint density at radius 3 is 2.50 bits per heavy atom. The van der Waals surface area contributed by atoms with Gasteiger partial charge in [-0.05, 0) is 25.7 Å². The van der Waals surface area contributed by atoms with E-state index in [1.807, 2.05) is 0 Å². The molecule has 0 aromatic heterocycles. The van der Waals surface area contributed by atoms with Crippen LogP contribution in [0.4, 0.5) is 0 Å². The SMILES string of the molecule is O=C1CCCCCC(O)CCC1. The summed E-state index contributed by atoms with van der Waals surface area (Å²) in [6.07, 6.45) is 7.09. The van der Waals surface area contributed by atoms with Crippen LogP contribution in [0.25, 0.3) is 0 Å². The van der Waals surface area contributed by atoms with Crippen molar-refractivity contribution in [2.24, 2.45) is 0 Å². The largest absolute Gasteiger partial charge is 0.393 e. The van der Waals surface area contributed by atoms with Crippen LogP contribution in [0.2, 0.25) is 0 Å². The van der Waals surface area contributed by atoms with Gasteiger partial charge in [0.1, 0.15) is 5.78 Å². The van der Waals surface area contributed by atoms with E-state index >= 15 is 0 Å². The second-order valence-electron chi connectivity index (χ2n) is 3.68. The molecule has 70 valence electrons. The summed E-state index contributed by atoms with van der Waals surface area (Å²) in [5, 5.41) is 9.41. The summed E-state index contributed by atoms with van der Waals surface area (Å²) in [7, 11) is 0. The minimum Gasteiger partial charge on any atom is -0.393 e. The fraction of sp³-hybridized carbons (Fsp3) is 0.900. The molecule has 0 radical (unpaired) electrons. The van der Waals surface area contributed by atoms with Gasteiger partial charge in [-0.3, -0.25) is 4.79 Å². The van der Waals surface area contributed by atoms with E-state index in [9.17, 15) is 9.90 Å². The van der Waals surface area contributed by atoms with E-state index in [1.54, 1.807) is 0 Å². The third-order valence-corrected chi connectivity index (χ3v) is 2.49. The van der Waals surface area contributed by atoms with Crippen LogP contribution in [0.15, 0.2) is 0 Å². The summed E-state index contributed by atoms with van der Waals surface area (Å²) in [5.74, 6) is 0.379. The Labute approximate surface area is 74.0 Å². The van der Waals surface area contributed by atoms with E-state index in [0.717, 1.165) is 44.9 Å². The summed E-state index contributed by atoms with van der Waals surface area (Å²) in [5.41, 5.74) is 0. The molecule has 0 aromatic carbocycles. The van der Waals surface area contributed by atoms with Crippen LogP contribution >= 0.6 is 0 Å². The molecule has 1 atom stereocenters. The normalized spacial score (nSPS) is 28.4. The van der Waals surface area contributed by atoms with Crippen molar-refractivity contribution in [3.63, 3.8) is 0 Å². The van der Waals surface area contributed by atoms with Crippen LogP contribution in [-0.4, -0.2) is 17.0 Å². The second kappa shape index (κ2) is 5.31. The maximum atomic E-state index is 11.1. The molecule has 2 heteroatoms. The zero-order valence-electron chi connectivity index (χ0n) is 7.59. The topological polar surface area (TPSA) is 37.3 Å². The van der Waals surface area contributed by atoms with E-state index < -0.39 is 0 Å². The van der Waals surface area contributed by atoms with Crippen molar-refractivity contribution >= 4 is 5.78 Å². The van der Waals surface area contributed by atoms with Gasteiger partial charge in [-0.2, -0.15) is 0 Å². The average Bonchev–Trinajstić information content (AvgIpc) is 2.04. The van der Waals surface area contributed by atoms with Gasteiger partial charge in [0.2, 0.25) is 0 Å². The Hall–Kier alpha value is -0.370. The van der Waals surface area contributed by atoms with Crippen molar-refractivity contribution in [1.82, 2.24) is 0 Å². The molecule has 1 N–H and O–H groups in total. The van der Waals surface area contributed by atoms with Crippen LogP contribution in [0.3, 0.4) is 0 Å². The number of aliphatic hydroxyl groups excluding tert-OH is 1. The van der Waals surface area contributed by atoms with Crippen molar-refractivity contribution in [3.05, 3.63) is 0 Å². The van der Waals surface area contributed by atoms with E-state index in [-0.39, 0.29) is 6.10 Å². The first kappa shape index (κ1) is 9.72. The predicted octanol–water partition coefficient (Wildman–Crippen LogP) is 2.05. The number of aliphatic hydroxyl groups is 1. The number of carbonyl (C=O) groups is 1. The maximum Gasteiger partial charge on any atom is 0.132 e. The van der Waals surface area contributed by atoms with Crippen LogP contribution in [0.1, 0.15) is 51.4 Å². The minimum absolute atomic E-state index is 0.157. The standard InChI is InChI=1S/C10H18O2/c11-9-5-2-1-3-6-10(12)8-4-7-9/h9,11H,1-8H2. The zero-order valence-corrected chi connectivity index (χ0v) is 7.59. The second-order valence-corrected chi connectivity index (χ2v) is 3.68. The number of hydrogen-bond acceptors (Lipinski definition) is 2. The summed E-state index contributed by atoms with van der Waals surface area (Å²) in [6, 6.07) is 0. The van der Waals surface area contributed by atoms with Crippen molar-refractivity contribution < 1.29 is 9.90 Å². The van der Waals surface area contributed by atoms with Crippen molar-refractivity contribution in [3.8, 4) is 0 Å². The molecule has 12 heavy (non-hydrogen) atoms. The molecule has 1 aliphatic rings. The van der Waals surface area contributed by atoms with Gasteiger partial charge in [0.25, 0.3) is 0 Å². The summed E-state index contributed by atoms with van der Waals surface area (Å²) < 4.78 is 0. The minimum atomic E-state index is -0.157. The Balaban J connectivity index is 2.26. The van der Waals surface area contributed by atoms with Gasteiger partial charge in [0.15, 0.2) is 0 Å². The van der Waals surface area contributed by atoms with E-state index in [2.05, 4.69) is 0 Å². The third-order valence-electron chi connectivity index (χ3n) is 2.49. The highest BCUT2D eigenvalue weighted by molar-refractivity contribution is 5.78.